The monoisotopic (exact) mass is 454 g/mol. The Bertz CT molecular complexity index is 303. The van der Waals surface area contributed by atoms with Crippen molar-refractivity contribution < 1.29 is 5.11 Å². The van der Waals surface area contributed by atoms with Gasteiger partial charge in [0, 0.05) is 26.2 Å². The van der Waals surface area contributed by atoms with Crippen LogP contribution in [-0.4, -0.2) is 61.8 Å². The lowest BCUT2D eigenvalue weighted by Crippen LogP contribution is -2.38. The largest absolute Gasteiger partial charge is 0.396 e. The summed E-state index contributed by atoms with van der Waals surface area (Å²) in [5, 5.41) is 15.9. The van der Waals surface area contributed by atoms with Crippen molar-refractivity contribution in [2.24, 2.45) is 10.9 Å². The lowest BCUT2D eigenvalue weighted by molar-refractivity contribution is 0.253. The van der Waals surface area contributed by atoms with Gasteiger partial charge in [-0.25, -0.2) is 0 Å². The number of nitrogens with zero attached hydrogens (tertiary/aromatic N) is 2. The average molecular weight is 454 g/mol. The molecular weight excluding hydrogens is 415 g/mol. The summed E-state index contributed by atoms with van der Waals surface area (Å²) in [4.78, 5) is 7.27. The summed E-state index contributed by atoms with van der Waals surface area (Å²) < 4.78 is 0. The van der Waals surface area contributed by atoms with Gasteiger partial charge in [-0.2, -0.15) is 0 Å². The van der Waals surface area contributed by atoms with Gasteiger partial charge in [-0.15, -0.1) is 24.0 Å². The zero-order valence-electron chi connectivity index (χ0n) is 15.7. The minimum atomic E-state index is 0. The number of halogens is 1. The first-order valence-electron chi connectivity index (χ1n) is 9.65. The molecule has 24 heavy (non-hydrogen) atoms. The van der Waals surface area contributed by atoms with Crippen LogP contribution in [0.2, 0.25) is 0 Å². The molecule has 1 rings (SSSR count). The van der Waals surface area contributed by atoms with Crippen molar-refractivity contribution in [3.8, 4) is 0 Å². The van der Waals surface area contributed by atoms with Crippen LogP contribution >= 0.6 is 24.0 Å². The van der Waals surface area contributed by atoms with Crippen LogP contribution in [0.4, 0.5) is 0 Å². The molecule has 1 atom stereocenters. The summed E-state index contributed by atoms with van der Waals surface area (Å²) >= 11 is 0. The third kappa shape index (κ3) is 11.5. The van der Waals surface area contributed by atoms with E-state index in [0.717, 1.165) is 44.9 Å². The molecule has 1 heterocycles. The van der Waals surface area contributed by atoms with E-state index in [2.05, 4.69) is 29.4 Å². The Morgan fingerprint density at radius 3 is 2.50 bits per heavy atom. The number of nitrogens with one attached hydrogen (secondary N) is 2. The fraction of sp³-hybridized carbons (Fsp3) is 0.944. The van der Waals surface area contributed by atoms with Gasteiger partial charge in [0.25, 0.3) is 0 Å². The molecule has 0 aromatic heterocycles. The molecule has 0 aliphatic carbocycles. The predicted molar refractivity (Wildman–Crippen MR) is 114 cm³/mol. The molecule has 5 nitrogen and oxygen atoms in total. The summed E-state index contributed by atoms with van der Waals surface area (Å²) in [6.45, 7) is 11.1. The van der Waals surface area contributed by atoms with E-state index in [1.54, 1.807) is 0 Å². The van der Waals surface area contributed by atoms with Gasteiger partial charge in [0.1, 0.15) is 0 Å². The molecular formula is C18H39IN4O. The summed E-state index contributed by atoms with van der Waals surface area (Å²) in [5.74, 6) is 1.42. The van der Waals surface area contributed by atoms with E-state index in [1.165, 1.54) is 45.3 Å². The summed E-state index contributed by atoms with van der Waals surface area (Å²) in [6.07, 6.45) is 8.35. The second-order valence-electron chi connectivity index (χ2n) is 6.57. The standard InChI is InChI=1S/C18H38N4O.HI/c1-3-9-17(10-15-23)16-21-18(19-4-2)20-11-5-6-12-22-13-7-8-14-22;/h17,23H,3-16H2,1-2H3,(H2,19,20,21);1H. The number of aliphatic hydroxyl groups is 1. The van der Waals surface area contributed by atoms with Crippen LogP contribution in [0.25, 0.3) is 0 Å². The minimum Gasteiger partial charge on any atom is -0.396 e. The summed E-state index contributed by atoms with van der Waals surface area (Å²) in [6, 6.07) is 0. The molecule has 0 aromatic carbocycles. The number of guanidine groups is 1. The van der Waals surface area contributed by atoms with E-state index < -0.39 is 0 Å². The summed E-state index contributed by atoms with van der Waals surface area (Å²) in [7, 11) is 0. The first kappa shape index (κ1) is 23.9. The SMILES string of the molecule is CCCC(CCO)CN=C(NCC)NCCCCN1CCCC1.I. The molecule has 3 N–H and O–H groups in total. The molecule has 0 spiro atoms. The molecule has 0 bridgehead atoms. The highest BCUT2D eigenvalue weighted by Crippen LogP contribution is 2.11. The molecule has 1 aliphatic heterocycles. The predicted octanol–water partition coefficient (Wildman–Crippen LogP) is 2.83. The highest BCUT2D eigenvalue weighted by Gasteiger charge is 2.10. The fourth-order valence-electron chi connectivity index (χ4n) is 3.15. The van der Waals surface area contributed by atoms with Gasteiger partial charge < -0.3 is 20.6 Å². The van der Waals surface area contributed by atoms with Gasteiger partial charge in [-0.1, -0.05) is 13.3 Å². The number of unbranched alkanes of at least 4 members (excludes halogenated alkanes) is 1. The zero-order chi connectivity index (χ0) is 16.8. The van der Waals surface area contributed by atoms with Gasteiger partial charge >= 0.3 is 0 Å². The van der Waals surface area contributed by atoms with Crippen LogP contribution in [0.1, 0.15) is 58.8 Å². The van der Waals surface area contributed by atoms with Crippen molar-refractivity contribution in [3.05, 3.63) is 0 Å². The number of rotatable bonds is 12. The Labute approximate surface area is 166 Å². The van der Waals surface area contributed by atoms with Crippen LogP contribution in [0.3, 0.4) is 0 Å². The zero-order valence-corrected chi connectivity index (χ0v) is 18.1. The summed E-state index contributed by atoms with van der Waals surface area (Å²) in [5.41, 5.74) is 0. The lowest BCUT2D eigenvalue weighted by atomic mass is 10.0. The maximum Gasteiger partial charge on any atom is 0.191 e. The van der Waals surface area contributed by atoms with Crippen molar-refractivity contribution in [1.82, 2.24) is 15.5 Å². The van der Waals surface area contributed by atoms with Crippen molar-refractivity contribution in [1.29, 1.82) is 0 Å². The van der Waals surface area contributed by atoms with E-state index >= 15 is 0 Å². The number of likely N-dealkylation sites (tertiary alicyclic amines) is 1. The van der Waals surface area contributed by atoms with Gasteiger partial charge in [0.05, 0.1) is 0 Å². The second kappa shape index (κ2) is 16.4. The molecule has 0 saturated carbocycles. The van der Waals surface area contributed by atoms with Crippen LogP contribution < -0.4 is 10.6 Å². The Hall–Kier alpha value is -0.0800. The van der Waals surface area contributed by atoms with Crippen LogP contribution in [0, 0.1) is 5.92 Å². The quantitative estimate of drug-likeness (QED) is 0.184. The molecule has 0 amide bonds. The number of hydrogen-bond acceptors (Lipinski definition) is 3. The highest BCUT2D eigenvalue weighted by atomic mass is 127. The Kier molecular flexibility index (Phi) is 16.3. The third-order valence-corrected chi connectivity index (χ3v) is 4.48. The third-order valence-electron chi connectivity index (χ3n) is 4.48. The highest BCUT2D eigenvalue weighted by molar-refractivity contribution is 14.0. The van der Waals surface area contributed by atoms with Crippen LogP contribution in [-0.2, 0) is 0 Å². The smallest absolute Gasteiger partial charge is 0.191 e. The van der Waals surface area contributed by atoms with Crippen molar-refractivity contribution >= 4 is 29.9 Å². The van der Waals surface area contributed by atoms with E-state index in [9.17, 15) is 0 Å². The second-order valence-corrected chi connectivity index (χ2v) is 6.57. The number of hydrogen-bond donors (Lipinski definition) is 3. The van der Waals surface area contributed by atoms with E-state index in [1.807, 2.05) is 0 Å². The Morgan fingerprint density at radius 1 is 1.12 bits per heavy atom. The Morgan fingerprint density at radius 2 is 1.88 bits per heavy atom. The van der Waals surface area contributed by atoms with E-state index in [0.29, 0.717) is 5.92 Å². The van der Waals surface area contributed by atoms with E-state index in [-0.39, 0.29) is 30.6 Å². The van der Waals surface area contributed by atoms with Gasteiger partial charge in [-0.05, 0) is 71.0 Å². The van der Waals surface area contributed by atoms with Crippen LogP contribution in [0.5, 0.6) is 0 Å². The molecule has 1 saturated heterocycles. The number of aliphatic hydroxyl groups excluding tert-OH is 1. The maximum atomic E-state index is 9.14. The van der Waals surface area contributed by atoms with Crippen molar-refractivity contribution in [2.75, 3.05) is 45.9 Å². The molecule has 1 aliphatic rings. The minimum absolute atomic E-state index is 0. The lowest BCUT2D eigenvalue weighted by Gasteiger charge is -2.16. The molecule has 0 radical (unpaired) electrons. The number of aliphatic imine (C=N–C) groups is 1. The molecule has 144 valence electrons. The molecule has 1 unspecified atom stereocenters. The molecule has 1 fully saturated rings. The average Bonchev–Trinajstić information content (AvgIpc) is 3.05. The van der Waals surface area contributed by atoms with E-state index in [4.69, 9.17) is 10.1 Å². The fourth-order valence-corrected chi connectivity index (χ4v) is 3.15. The molecule has 6 heteroatoms. The van der Waals surface area contributed by atoms with Gasteiger partial charge in [-0.3, -0.25) is 4.99 Å². The van der Waals surface area contributed by atoms with Crippen molar-refractivity contribution in [2.45, 2.75) is 58.8 Å². The van der Waals surface area contributed by atoms with Gasteiger partial charge in [0.2, 0.25) is 0 Å². The van der Waals surface area contributed by atoms with Crippen LogP contribution in [0.15, 0.2) is 4.99 Å². The first-order chi connectivity index (χ1) is 11.3. The topological polar surface area (TPSA) is 59.9 Å². The van der Waals surface area contributed by atoms with Gasteiger partial charge in [0.15, 0.2) is 5.96 Å². The molecule has 0 aromatic rings. The maximum absolute atomic E-state index is 9.14. The Balaban J connectivity index is 0.00000529. The normalized spacial score (nSPS) is 16.7. The first-order valence-corrected chi connectivity index (χ1v) is 9.65. The van der Waals surface area contributed by atoms with Crippen molar-refractivity contribution in [3.63, 3.8) is 0 Å².